The Kier molecular flexibility index (Phi) is 4.89. The molecule has 0 aliphatic carbocycles. The molecule has 0 spiro atoms. The third kappa shape index (κ3) is 3.62. The second-order valence-electron chi connectivity index (χ2n) is 5.73. The van der Waals surface area contributed by atoms with Crippen molar-refractivity contribution in [3.8, 4) is 0 Å². The zero-order chi connectivity index (χ0) is 17.1. The lowest BCUT2D eigenvalue weighted by atomic mass is 10.1. The molecule has 2 aromatic rings. The fraction of sp³-hybridized carbons (Fsp3) is 0.353. The molecule has 24 heavy (non-hydrogen) atoms. The van der Waals surface area contributed by atoms with E-state index in [9.17, 15) is 14.9 Å². The van der Waals surface area contributed by atoms with Gasteiger partial charge in [0.15, 0.2) is 0 Å². The maximum atomic E-state index is 12.7. The summed E-state index contributed by atoms with van der Waals surface area (Å²) in [5, 5.41) is 10.9. The number of non-ortho nitro benzene ring substituents is 1. The first-order chi connectivity index (χ1) is 11.5. The van der Waals surface area contributed by atoms with Crippen LogP contribution in [0, 0.1) is 17.0 Å². The van der Waals surface area contributed by atoms with Gasteiger partial charge in [0.2, 0.25) is 5.91 Å². The van der Waals surface area contributed by atoms with Crippen molar-refractivity contribution < 1.29 is 14.1 Å². The van der Waals surface area contributed by atoms with Crippen molar-refractivity contribution in [1.29, 1.82) is 0 Å². The number of nitro groups is 1. The molecule has 1 aromatic heterocycles. The molecule has 1 unspecified atom stereocenters. The van der Waals surface area contributed by atoms with Crippen molar-refractivity contribution in [1.82, 2.24) is 4.90 Å². The molecule has 0 bridgehead atoms. The largest absolute Gasteiger partial charge is 0.464 e. The molecule has 0 saturated carbocycles. The van der Waals surface area contributed by atoms with Gasteiger partial charge in [-0.2, -0.15) is 11.8 Å². The van der Waals surface area contributed by atoms with E-state index in [1.165, 1.54) is 12.1 Å². The Morgan fingerprint density at radius 1 is 1.42 bits per heavy atom. The van der Waals surface area contributed by atoms with E-state index in [0.717, 1.165) is 23.0 Å². The lowest BCUT2D eigenvalue weighted by molar-refractivity contribution is -0.384. The minimum atomic E-state index is -0.445. The van der Waals surface area contributed by atoms with Crippen molar-refractivity contribution in [2.45, 2.75) is 19.4 Å². The molecule has 1 aliphatic rings. The molecular formula is C17H18N2O4S. The van der Waals surface area contributed by atoms with Gasteiger partial charge in [-0.05, 0) is 24.6 Å². The predicted molar refractivity (Wildman–Crippen MR) is 92.0 cm³/mol. The Balaban J connectivity index is 1.77. The smallest absolute Gasteiger partial charge is 0.269 e. The average molecular weight is 346 g/mol. The normalized spacial score (nSPS) is 17.7. The van der Waals surface area contributed by atoms with Crippen LogP contribution in [0.2, 0.25) is 0 Å². The first-order valence-corrected chi connectivity index (χ1v) is 8.87. The van der Waals surface area contributed by atoms with Gasteiger partial charge in [-0.25, -0.2) is 0 Å². The Morgan fingerprint density at radius 2 is 2.25 bits per heavy atom. The van der Waals surface area contributed by atoms with Crippen molar-refractivity contribution >= 4 is 23.4 Å². The van der Waals surface area contributed by atoms with Gasteiger partial charge in [0.1, 0.15) is 11.5 Å². The topological polar surface area (TPSA) is 76.6 Å². The highest BCUT2D eigenvalue weighted by Crippen LogP contribution is 2.31. The molecule has 6 nitrogen and oxygen atoms in total. The summed E-state index contributed by atoms with van der Waals surface area (Å²) in [6.45, 7) is 2.54. The van der Waals surface area contributed by atoms with Crippen LogP contribution in [0.4, 0.5) is 5.69 Å². The molecule has 1 fully saturated rings. The standard InChI is InChI=1S/C17H18N2O4S/c1-12-5-6-16(23-12)15-11-24-8-7-18(15)17(20)10-13-3-2-4-14(9-13)19(21)22/h2-6,9,15H,7-8,10-11H2,1H3. The summed E-state index contributed by atoms with van der Waals surface area (Å²) in [7, 11) is 0. The van der Waals surface area contributed by atoms with E-state index in [-0.39, 0.29) is 24.1 Å². The summed E-state index contributed by atoms with van der Waals surface area (Å²) in [5.74, 6) is 3.28. The highest BCUT2D eigenvalue weighted by Gasteiger charge is 2.30. The molecule has 0 N–H and O–H groups in total. The van der Waals surface area contributed by atoms with Crippen molar-refractivity contribution in [3.05, 3.63) is 63.6 Å². The molecule has 1 aromatic carbocycles. The average Bonchev–Trinajstić information content (AvgIpc) is 3.01. The highest BCUT2D eigenvalue weighted by molar-refractivity contribution is 7.99. The number of amides is 1. The fourth-order valence-electron chi connectivity index (χ4n) is 2.83. The van der Waals surface area contributed by atoms with Crippen molar-refractivity contribution in [3.63, 3.8) is 0 Å². The number of hydrogen-bond donors (Lipinski definition) is 0. The zero-order valence-electron chi connectivity index (χ0n) is 13.3. The van der Waals surface area contributed by atoms with Gasteiger partial charge in [-0.3, -0.25) is 14.9 Å². The summed E-state index contributed by atoms with van der Waals surface area (Å²) in [5.41, 5.74) is 0.662. The van der Waals surface area contributed by atoms with Crippen LogP contribution < -0.4 is 0 Å². The SMILES string of the molecule is Cc1ccc(C2CSCCN2C(=O)Cc2cccc([N+](=O)[O-])c2)o1. The van der Waals surface area contributed by atoms with Gasteiger partial charge in [-0.15, -0.1) is 0 Å². The Labute approximate surface area is 144 Å². The van der Waals surface area contributed by atoms with Gasteiger partial charge in [0.05, 0.1) is 17.4 Å². The number of rotatable bonds is 4. The van der Waals surface area contributed by atoms with Crippen LogP contribution in [0.15, 0.2) is 40.8 Å². The number of nitro benzene ring substituents is 1. The summed E-state index contributed by atoms with van der Waals surface area (Å²) in [6.07, 6.45) is 0.155. The molecule has 1 atom stereocenters. The van der Waals surface area contributed by atoms with E-state index in [2.05, 4.69) is 0 Å². The van der Waals surface area contributed by atoms with Gasteiger partial charge >= 0.3 is 0 Å². The summed E-state index contributed by atoms with van der Waals surface area (Å²) in [6, 6.07) is 9.99. The van der Waals surface area contributed by atoms with Crippen LogP contribution in [0.25, 0.3) is 0 Å². The Morgan fingerprint density at radius 3 is 2.96 bits per heavy atom. The Hall–Kier alpha value is -2.28. The molecule has 126 valence electrons. The van der Waals surface area contributed by atoms with Crippen LogP contribution in [-0.4, -0.2) is 33.8 Å². The lowest BCUT2D eigenvalue weighted by Crippen LogP contribution is -2.41. The summed E-state index contributed by atoms with van der Waals surface area (Å²) < 4.78 is 5.71. The lowest BCUT2D eigenvalue weighted by Gasteiger charge is -2.34. The number of hydrogen-bond acceptors (Lipinski definition) is 5. The first kappa shape index (κ1) is 16.6. The molecule has 1 aliphatic heterocycles. The van der Waals surface area contributed by atoms with Gasteiger partial charge in [0, 0.05) is 30.2 Å². The predicted octanol–water partition coefficient (Wildman–Crippen LogP) is 3.36. The number of carbonyl (C=O) groups excluding carboxylic acids is 1. The van der Waals surface area contributed by atoms with E-state index >= 15 is 0 Å². The van der Waals surface area contributed by atoms with Gasteiger partial charge in [-0.1, -0.05) is 12.1 Å². The fourth-order valence-corrected chi connectivity index (χ4v) is 3.89. The van der Waals surface area contributed by atoms with E-state index in [0.29, 0.717) is 12.1 Å². The number of thioether (sulfide) groups is 1. The van der Waals surface area contributed by atoms with Gasteiger partial charge < -0.3 is 9.32 Å². The second kappa shape index (κ2) is 7.09. The molecule has 0 radical (unpaired) electrons. The molecule has 2 heterocycles. The zero-order valence-corrected chi connectivity index (χ0v) is 14.1. The third-order valence-electron chi connectivity index (χ3n) is 4.02. The van der Waals surface area contributed by atoms with Gasteiger partial charge in [0.25, 0.3) is 5.69 Å². The van der Waals surface area contributed by atoms with E-state index in [1.54, 1.807) is 23.9 Å². The highest BCUT2D eigenvalue weighted by atomic mass is 32.2. The van der Waals surface area contributed by atoms with E-state index < -0.39 is 4.92 Å². The maximum absolute atomic E-state index is 12.7. The van der Waals surface area contributed by atoms with Crippen molar-refractivity contribution in [2.24, 2.45) is 0 Å². The van der Waals surface area contributed by atoms with E-state index in [4.69, 9.17) is 4.42 Å². The molecule has 3 rings (SSSR count). The molecule has 1 saturated heterocycles. The number of benzene rings is 1. The number of nitrogens with zero attached hydrogens (tertiary/aromatic N) is 2. The quantitative estimate of drug-likeness (QED) is 0.627. The van der Waals surface area contributed by atoms with Crippen LogP contribution in [0.3, 0.4) is 0 Å². The van der Waals surface area contributed by atoms with Crippen LogP contribution in [0.1, 0.15) is 23.1 Å². The first-order valence-electron chi connectivity index (χ1n) is 7.71. The minimum absolute atomic E-state index is 0.00714. The van der Waals surface area contributed by atoms with Crippen molar-refractivity contribution in [2.75, 3.05) is 18.1 Å². The minimum Gasteiger partial charge on any atom is -0.464 e. The van der Waals surface area contributed by atoms with E-state index in [1.807, 2.05) is 24.0 Å². The maximum Gasteiger partial charge on any atom is 0.269 e. The summed E-state index contributed by atoms with van der Waals surface area (Å²) in [4.78, 5) is 25.0. The second-order valence-corrected chi connectivity index (χ2v) is 6.88. The van der Waals surface area contributed by atoms with Crippen LogP contribution in [-0.2, 0) is 11.2 Å². The summed E-state index contributed by atoms with van der Waals surface area (Å²) >= 11 is 1.80. The number of carbonyl (C=O) groups is 1. The Bertz CT molecular complexity index is 759. The van der Waals surface area contributed by atoms with Crippen LogP contribution in [0.5, 0.6) is 0 Å². The molecule has 1 amide bonds. The van der Waals surface area contributed by atoms with Crippen LogP contribution >= 0.6 is 11.8 Å². The molecular weight excluding hydrogens is 328 g/mol. The third-order valence-corrected chi connectivity index (χ3v) is 5.04. The number of furan rings is 1. The molecule has 7 heteroatoms. The number of aryl methyl sites for hydroxylation is 1. The monoisotopic (exact) mass is 346 g/mol.